The van der Waals surface area contributed by atoms with Crippen LogP contribution >= 0.6 is 31.9 Å². The molecule has 25 heavy (non-hydrogen) atoms. The van der Waals surface area contributed by atoms with E-state index >= 15 is 0 Å². The molecule has 2 rings (SSSR count). The first-order valence-corrected chi connectivity index (χ1v) is 8.95. The number of esters is 1. The van der Waals surface area contributed by atoms with Gasteiger partial charge in [-0.1, -0.05) is 40.2 Å². The lowest BCUT2D eigenvalue weighted by Gasteiger charge is -2.06. The molecule has 0 spiro atoms. The van der Waals surface area contributed by atoms with E-state index in [9.17, 15) is 14.4 Å². The van der Waals surface area contributed by atoms with Crippen LogP contribution < -0.4 is 4.74 Å². The molecule has 6 nitrogen and oxygen atoms in total. The van der Waals surface area contributed by atoms with Crippen LogP contribution in [0.3, 0.4) is 0 Å². The molecule has 0 heterocycles. The number of aliphatic carboxylic acids is 1. The first kappa shape index (κ1) is 21.1. The standard InChI is InChI=1S/C15H14O5.C2H2Br2O/c1-19-13-5-4-11-6-10(2-3-12(11)8-13)7-15(18)20-9-14(16)17;3-1-2(4)5/h2-6,8H,7,9H2,1H3,(H,16,17);1H2. The normalized spacial score (nSPS) is 9.72. The van der Waals surface area contributed by atoms with Gasteiger partial charge in [0.05, 0.1) is 18.9 Å². The van der Waals surface area contributed by atoms with Crippen molar-refractivity contribution in [1.29, 1.82) is 0 Å². The Kier molecular flexibility index (Phi) is 9.15. The fourth-order valence-corrected chi connectivity index (χ4v) is 1.87. The lowest BCUT2D eigenvalue weighted by Crippen LogP contribution is -2.14. The Morgan fingerprint density at radius 1 is 1.08 bits per heavy atom. The van der Waals surface area contributed by atoms with Crippen LogP contribution in [-0.2, 0) is 25.5 Å². The monoisotopic (exact) mass is 474 g/mol. The highest BCUT2D eigenvalue weighted by molar-refractivity contribution is 9.19. The van der Waals surface area contributed by atoms with E-state index in [1.165, 1.54) is 0 Å². The average Bonchev–Trinajstić information content (AvgIpc) is 2.60. The Morgan fingerprint density at radius 3 is 2.24 bits per heavy atom. The van der Waals surface area contributed by atoms with E-state index < -0.39 is 18.5 Å². The van der Waals surface area contributed by atoms with Crippen LogP contribution in [0.1, 0.15) is 5.56 Å². The summed E-state index contributed by atoms with van der Waals surface area (Å²) in [5.41, 5.74) is 0.776. The highest BCUT2D eigenvalue weighted by Gasteiger charge is 2.08. The van der Waals surface area contributed by atoms with Gasteiger partial charge in [-0.15, -0.1) is 0 Å². The van der Waals surface area contributed by atoms with Crippen LogP contribution in [0.4, 0.5) is 0 Å². The zero-order valence-corrected chi connectivity index (χ0v) is 16.5. The Labute approximate surface area is 161 Å². The minimum absolute atomic E-state index is 0.0162. The SMILES string of the molecule is COc1ccc2cc(CC(=O)OCC(=O)O)ccc2c1.O=C(Br)CBr. The summed E-state index contributed by atoms with van der Waals surface area (Å²) in [6, 6.07) is 11.2. The second-order valence-corrected chi connectivity index (χ2v) is 6.21. The molecule has 0 aliphatic carbocycles. The number of carbonyl (C=O) groups is 3. The number of methoxy groups -OCH3 is 1. The molecule has 8 heteroatoms. The number of carbonyl (C=O) groups excluding carboxylic acids is 2. The number of benzene rings is 2. The van der Waals surface area contributed by atoms with Gasteiger partial charge < -0.3 is 14.6 Å². The third-order valence-corrected chi connectivity index (χ3v) is 4.46. The number of alkyl halides is 1. The molecule has 1 N–H and O–H groups in total. The summed E-state index contributed by atoms with van der Waals surface area (Å²) in [6.45, 7) is -0.608. The molecule has 0 aromatic heterocycles. The molecule has 0 bridgehead atoms. The van der Waals surface area contributed by atoms with Gasteiger partial charge in [-0.25, -0.2) is 4.79 Å². The van der Waals surface area contributed by atoms with E-state index in [0.29, 0.717) is 5.33 Å². The highest BCUT2D eigenvalue weighted by atomic mass is 79.9. The van der Waals surface area contributed by atoms with Gasteiger partial charge >= 0.3 is 11.9 Å². The quantitative estimate of drug-likeness (QED) is 0.391. The van der Waals surface area contributed by atoms with Crippen molar-refractivity contribution in [1.82, 2.24) is 0 Å². The van der Waals surface area contributed by atoms with E-state index in [1.807, 2.05) is 36.4 Å². The number of fused-ring (bicyclic) bond motifs is 1. The molecule has 0 amide bonds. The molecule has 134 valence electrons. The number of halogens is 2. The van der Waals surface area contributed by atoms with Gasteiger partial charge in [-0.2, -0.15) is 0 Å². The molecule has 0 atom stereocenters. The molecular formula is C17H16Br2O6. The molecule has 0 unspecified atom stereocenters. The van der Waals surface area contributed by atoms with Crippen LogP contribution in [0.2, 0.25) is 0 Å². The van der Waals surface area contributed by atoms with Gasteiger partial charge in [0.25, 0.3) is 0 Å². The Balaban J connectivity index is 0.000000550. The van der Waals surface area contributed by atoms with E-state index in [0.717, 1.165) is 22.1 Å². The minimum Gasteiger partial charge on any atom is -0.497 e. The van der Waals surface area contributed by atoms with Crippen LogP contribution in [0.15, 0.2) is 36.4 Å². The van der Waals surface area contributed by atoms with Gasteiger partial charge in [0.15, 0.2) is 6.61 Å². The first-order chi connectivity index (χ1) is 11.8. The number of rotatable bonds is 6. The molecule has 0 fully saturated rings. The van der Waals surface area contributed by atoms with Gasteiger partial charge in [-0.3, -0.25) is 9.59 Å². The molecular weight excluding hydrogens is 460 g/mol. The predicted octanol–water partition coefficient (Wildman–Crippen LogP) is 3.32. The summed E-state index contributed by atoms with van der Waals surface area (Å²) < 4.78 is 9.72. The van der Waals surface area contributed by atoms with Crippen molar-refractivity contribution < 1.29 is 29.0 Å². The molecule has 0 saturated carbocycles. The van der Waals surface area contributed by atoms with Crippen molar-refractivity contribution >= 4 is 59.3 Å². The third-order valence-electron chi connectivity index (χ3n) is 2.92. The van der Waals surface area contributed by atoms with Crippen LogP contribution in [0.25, 0.3) is 10.8 Å². The topological polar surface area (TPSA) is 89.9 Å². The summed E-state index contributed by atoms with van der Waals surface area (Å²) >= 11 is 5.60. The average molecular weight is 476 g/mol. The zero-order chi connectivity index (χ0) is 18.8. The zero-order valence-electron chi connectivity index (χ0n) is 13.3. The number of carboxylic acid groups (broad SMARTS) is 1. The fraction of sp³-hybridized carbons (Fsp3) is 0.235. The van der Waals surface area contributed by atoms with Crippen LogP contribution in [0.5, 0.6) is 5.75 Å². The Hall–Kier alpha value is -1.93. The number of carboxylic acids is 1. The number of hydrogen-bond acceptors (Lipinski definition) is 5. The number of hydrogen-bond donors (Lipinski definition) is 1. The lowest BCUT2D eigenvalue weighted by molar-refractivity contribution is -0.154. The highest BCUT2D eigenvalue weighted by Crippen LogP contribution is 2.22. The summed E-state index contributed by atoms with van der Waals surface area (Å²) in [4.78, 5) is 31.4. The maximum Gasteiger partial charge on any atom is 0.341 e. The summed E-state index contributed by atoms with van der Waals surface area (Å²) in [5.74, 6) is -0.949. The lowest BCUT2D eigenvalue weighted by atomic mass is 10.0. The molecule has 0 saturated heterocycles. The van der Waals surface area contributed by atoms with E-state index in [2.05, 4.69) is 36.6 Å². The Bertz CT molecular complexity index is 760. The van der Waals surface area contributed by atoms with Crippen molar-refractivity contribution in [2.75, 3.05) is 19.0 Å². The van der Waals surface area contributed by atoms with Gasteiger partial charge in [0.1, 0.15) is 5.75 Å². The smallest absolute Gasteiger partial charge is 0.341 e. The largest absolute Gasteiger partial charge is 0.497 e. The first-order valence-electron chi connectivity index (χ1n) is 7.04. The van der Waals surface area contributed by atoms with Crippen molar-refractivity contribution in [2.45, 2.75) is 6.42 Å². The van der Waals surface area contributed by atoms with Crippen LogP contribution in [-0.4, -0.2) is 40.8 Å². The van der Waals surface area contributed by atoms with Gasteiger partial charge in [0.2, 0.25) is 4.69 Å². The second kappa shape index (κ2) is 10.8. The molecule has 2 aromatic carbocycles. The van der Waals surface area contributed by atoms with E-state index in [1.54, 1.807) is 7.11 Å². The summed E-state index contributed by atoms with van der Waals surface area (Å²) in [5, 5.41) is 10.8. The summed E-state index contributed by atoms with van der Waals surface area (Å²) in [7, 11) is 1.61. The van der Waals surface area contributed by atoms with Crippen LogP contribution in [0, 0.1) is 0 Å². The number of ether oxygens (including phenoxy) is 2. The molecule has 2 aromatic rings. The van der Waals surface area contributed by atoms with E-state index in [-0.39, 0.29) is 11.1 Å². The van der Waals surface area contributed by atoms with Gasteiger partial charge in [0, 0.05) is 0 Å². The molecule has 0 aliphatic heterocycles. The molecule has 0 radical (unpaired) electrons. The van der Waals surface area contributed by atoms with Crippen molar-refractivity contribution in [3.8, 4) is 5.75 Å². The second-order valence-electron chi connectivity index (χ2n) is 4.77. The minimum atomic E-state index is -1.16. The van der Waals surface area contributed by atoms with E-state index in [4.69, 9.17) is 9.84 Å². The maximum atomic E-state index is 11.4. The van der Waals surface area contributed by atoms with Crippen molar-refractivity contribution in [2.24, 2.45) is 0 Å². The van der Waals surface area contributed by atoms with Crippen molar-refractivity contribution in [3.63, 3.8) is 0 Å². The van der Waals surface area contributed by atoms with Crippen molar-refractivity contribution in [3.05, 3.63) is 42.0 Å². The van der Waals surface area contributed by atoms with Gasteiger partial charge in [-0.05, 0) is 44.4 Å². The maximum absolute atomic E-state index is 11.4. The fourth-order valence-electron chi connectivity index (χ4n) is 1.87. The molecule has 0 aliphatic rings. The predicted molar refractivity (Wildman–Crippen MR) is 101 cm³/mol. The third kappa shape index (κ3) is 8.13. The summed E-state index contributed by atoms with van der Waals surface area (Å²) in [6.07, 6.45) is 0.0508. The Morgan fingerprint density at radius 2 is 1.68 bits per heavy atom.